The number of hydrogen-bond acceptors (Lipinski definition) is 4. The second-order valence-electron chi connectivity index (χ2n) is 5.82. The van der Waals surface area contributed by atoms with Crippen molar-refractivity contribution in [2.45, 2.75) is 31.7 Å². The largest absolute Gasteiger partial charge is 0.494 e. The van der Waals surface area contributed by atoms with Gasteiger partial charge in [0.2, 0.25) is 15.9 Å². The number of sulfonamides is 1. The second kappa shape index (κ2) is 8.45. The van der Waals surface area contributed by atoms with Crippen LogP contribution in [0.15, 0.2) is 41.3 Å². The van der Waals surface area contributed by atoms with Crippen LogP contribution in [-0.2, 0) is 14.8 Å². The monoisotopic (exact) mass is 398 g/mol. The predicted octanol–water partition coefficient (Wildman–Crippen LogP) is 2.98. The Morgan fingerprint density at radius 1 is 1.15 bits per heavy atom. The van der Waals surface area contributed by atoms with E-state index in [0.29, 0.717) is 17.9 Å². The molecule has 0 aromatic heterocycles. The maximum absolute atomic E-state index is 13.2. The minimum Gasteiger partial charge on any atom is -0.494 e. The van der Waals surface area contributed by atoms with E-state index in [-0.39, 0.29) is 10.6 Å². The van der Waals surface area contributed by atoms with Crippen LogP contribution in [0.25, 0.3) is 0 Å². The van der Waals surface area contributed by atoms with Crippen LogP contribution in [-0.4, -0.2) is 27.0 Å². The van der Waals surface area contributed by atoms with Crippen molar-refractivity contribution in [2.75, 3.05) is 11.9 Å². The Morgan fingerprint density at radius 2 is 1.85 bits per heavy atom. The number of anilines is 1. The molecule has 0 bridgehead atoms. The number of nitrogens with one attached hydrogen (secondary N) is 2. The number of benzene rings is 2. The van der Waals surface area contributed by atoms with Crippen molar-refractivity contribution in [3.63, 3.8) is 0 Å². The Bertz CT molecular complexity index is 948. The van der Waals surface area contributed by atoms with E-state index < -0.39 is 33.6 Å². The first-order chi connectivity index (χ1) is 12.6. The van der Waals surface area contributed by atoms with Gasteiger partial charge >= 0.3 is 0 Å². The van der Waals surface area contributed by atoms with Crippen LogP contribution in [0.4, 0.5) is 14.5 Å². The molecular weight excluding hydrogens is 378 g/mol. The van der Waals surface area contributed by atoms with Crippen LogP contribution in [0.2, 0.25) is 0 Å². The number of amides is 1. The summed E-state index contributed by atoms with van der Waals surface area (Å²) in [6.45, 7) is 5.32. The molecule has 6 nitrogen and oxygen atoms in total. The van der Waals surface area contributed by atoms with Gasteiger partial charge in [0.1, 0.15) is 5.75 Å². The zero-order chi connectivity index (χ0) is 20.2. The number of carbonyl (C=O) groups is 1. The summed E-state index contributed by atoms with van der Waals surface area (Å²) in [5.41, 5.74) is 0.653. The SMILES string of the molecule is CCOc1ccc(S(=O)(=O)N[C@H](C)C(=O)Nc2ccc(F)c(F)c2)cc1C. The summed E-state index contributed by atoms with van der Waals surface area (Å²) in [6, 6.07) is 6.06. The smallest absolute Gasteiger partial charge is 0.242 e. The first-order valence-electron chi connectivity index (χ1n) is 8.15. The van der Waals surface area contributed by atoms with Gasteiger partial charge in [0.15, 0.2) is 11.6 Å². The van der Waals surface area contributed by atoms with Gasteiger partial charge in [0, 0.05) is 11.8 Å². The molecule has 0 saturated heterocycles. The van der Waals surface area contributed by atoms with E-state index in [0.717, 1.165) is 12.1 Å². The average Bonchev–Trinajstić information content (AvgIpc) is 2.59. The molecule has 2 aromatic carbocycles. The lowest BCUT2D eigenvalue weighted by Crippen LogP contribution is -2.41. The van der Waals surface area contributed by atoms with Crippen molar-refractivity contribution in [3.05, 3.63) is 53.6 Å². The maximum atomic E-state index is 13.2. The molecular formula is C18H20F2N2O4S. The molecule has 1 amide bonds. The number of rotatable bonds is 7. The van der Waals surface area contributed by atoms with Gasteiger partial charge in [-0.05, 0) is 56.7 Å². The lowest BCUT2D eigenvalue weighted by Gasteiger charge is -2.15. The van der Waals surface area contributed by atoms with Crippen LogP contribution in [0.5, 0.6) is 5.75 Å². The third-order valence-corrected chi connectivity index (χ3v) is 5.21. The summed E-state index contributed by atoms with van der Waals surface area (Å²) >= 11 is 0. The van der Waals surface area contributed by atoms with E-state index in [4.69, 9.17) is 4.74 Å². The van der Waals surface area contributed by atoms with Gasteiger partial charge < -0.3 is 10.1 Å². The van der Waals surface area contributed by atoms with Gasteiger partial charge in [-0.1, -0.05) is 0 Å². The Labute approximate surface area is 156 Å². The Kier molecular flexibility index (Phi) is 6.50. The van der Waals surface area contributed by atoms with Crippen molar-refractivity contribution < 1.29 is 26.7 Å². The molecule has 0 fully saturated rings. The standard InChI is InChI=1S/C18H20F2N2O4S/c1-4-26-17-8-6-14(9-11(17)2)27(24,25)22-12(3)18(23)21-13-5-7-15(19)16(20)10-13/h5-10,12,22H,4H2,1-3H3,(H,21,23)/t12-/m1/s1. The van der Waals surface area contributed by atoms with Gasteiger partial charge in [0.25, 0.3) is 0 Å². The third-order valence-electron chi connectivity index (χ3n) is 3.67. The number of halogens is 2. The molecule has 0 unspecified atom stereocenters. The van der Waals surface area contributed by atoms with E-state index >= 15 is 0 Å². The highest BCUT2D eigenvalue weighted by atomic mass is 32.2. The van der Waals surface area contributed by atoms with E-state index in [1.807, 2.05) is 6.92 Å². The van der Waals surface area contributed by atoms with Crippen molar-refractivity contribution in [3.8, 4) is 5.75 Å². The number of ether oxygens (including phenoxy) is 1. The number of aryl methyl sites for hydroxylation is 1. The van der Waals surface area contributed by atoms with E-state index in [1.54, 1.807) is 13.0 Å². The molecule has 0 radical (unpaired) electrons. The van der Waals surface area contributed by atoms with Crippen LogP contribution < -0.4 is 14.8 Å². The summed E-state index contributed by atoms with van der Waals surface area (Å²) < 4.78 is 58.7. The quantitative estimate of drug-likeness (QED) is 0.751. The third kappa shape index (κ3) is 5.24. The van der Waals surface area contributed by atoms with Gasteiger partial charge in [-0.15, -0.1) is 0 Å². The number of carbonyl (C=O) groups excluding carboxylic acids is 1. The molecule has 0 aliphatic carbocycles. The minimum atomic E-state index is -3.97. The fraction of sp³-hybridized carbons (Fsp3) is 0.278. The molecule has 146 valence electrons. The van der Waals surface area contributed by atoms with Crippen LogP contribution in [0.3, 0.4) is 0 Å². The zero-order valence-corrected chi connectivity index (χ0v) is 15.9. The van der Waals surface area contributed by atoms with Gasteiger partial charge in [-0.2, -0.15) is 4.72 Å². The lowest BCUT2D eigenvalue weighted by atomic mass is 10.2. The highest BCUT2D eigenvalue weighted by Crippen LogP contribution is 2.22. The second-order valence-corrected chi connectivity index (χ2v) is 7.54. The summed E-state index contributed by atoms with van der Waals surface area (Å²) in [4.78, 5) is 12.1. The lowest BCUT2D eigenvalue weighted by molar-refractivity contribution is -0.117. The van der Waals surface area contributed by atoms with E-state index in [9.17, 15) is 22.0 Å². The molecule has 2 aromatic rings. The molecule has 1 atom stereocenters. The van der Waals surface area contributed by atoms with Crippen molar-refractivity contribution >= 4 is 21.6 Å². The molecule has 0 saturated carbocycles. The summed E-state index contributed by atoms with van der Waals surface area (Å²) in [5, 5.41) is 2.33. The van der Waals surface area contributed by atoms with Crippen LogP contribution in [0.1, 0.15) is 19.4 Å². The highest BCUT2D eigenvalue weighted by molar-refractivity contribution is 7.89. The molecule has 2 N–H and O–H groups in total. The molecule has 27 heavy (non-hydrogen) atoms. The van der Waals surface area contributed by atoms with Crippen molar-refractivity contribution in [2.24, 2.45) is 0 Å². The van der Waals surface area contributed by atoms with Crippen LogP contribution >= 0.6 is 0 Å². The zero-order valence-electron chi connectivity index (χ0n) is 15.0. The molecule has 0 heterocycles. The molecule has 0 spiro atoms. The Morgan fingerprint density at radius 3 is 2.44 bits per heavy atom. The fourth-order valence-corrected chi connectivity index (χ4v) is 3.57. The molecule has 2 rings (SSSR count). The highest BCUT2D eigenvalue weighted by Gasteiger charge is 2.23. The first-order valence-corrected chi connectivity index (χ1v) is 9.64. The summed E-state index contributed by atoms with van der Waals surface area (Å²) in [6.07, 6.45) is 0. The Balaban J connectivity index is 2.10. The molecule has 9 heteroatoms. The average molecular weight is 398 g/mol. The normalized spacial score (nSPS) is 12.5. The van der Waals surface area contributed by atoms with Crippen LogP contribution in [0, 0.1) is 18.6 Å². The van der Waals surface area contributed by atoms with Gasteiger partial charge in [0.05, 0.1) is 17.5 Å². The number of hydrogen-bond donors (Lipinski definition) is 2. The van der Waals surface area contributed by atoms with Crippen molar-refractivity contribution in [1.29, 1.82) is 0 Å². The summed E-state index contributed by atoms with van der Waals surface area (Å²) in [5.74, 6) is -2.31. The van der Waals surface area contributed by atoms with E-state index in [2.05, 4.69) is 10.0 Å². The molecule has 0 aliphatic rings. The molecule has 0 aliphatic heterocycles. The summed E-state index contributed by atoms with van der Waals surface area (Å²) in [7, 11) is -3.97. The first kappa shape index (κ1) is 20.8. The predicted molar refractivity (Wildman–Crippen MR) is 97.1 cm³/mol. The Hall–Kier alpha value is -2.52. The van der Waals surface area contributed by atoms with Gasteiger partial charge in [-0.25, -0.2) is 17.2 Å². The maximum Gasteiger partial charge on any atom is 0.242 e. The topological polar surface area (TPSA) is 84.5 Å². The minimum absolute atomic E-state index is 0.0156. The van der Waals surface area contributed by atoms with E-state index in [1.165, 1.54) is 25.1 Å². The fourth-order valence-electron chi connectivity index (χ4n) is 2.29. The van der Waals surface area contributed by atoms with Gasteiger partial charge in [-0.3, -0.25) is 4.79 Å². The van der Waals surface area contributed by atoms with Crippen molar-refractivity contribution in [1.82, 2.24) is 4.72 Å².